The molecule has 0 amide bonds. The van der Waals surface area contributed by atoms with Crippen LogP contribution in [0.5, 0.6) is 5.75 Å². The molecule has 0 saturated heterocycles. The lowest BCUT2D eigenvalue weighted by Gasteiger charge is -2.43. The van der Waals surface area contributed by atoms with Crippen LogP contribution in [0, 0.1) is 0 Å². The van der Waals surface area contributed by atoms with Crippen LogP contribution in [-0.2, 0) is 15.8 Å². The fourth-order valence-electron chi connectivity index (χ4n) is 4.29. The van der Waals surface area contributed by atoms with Crippen LogP contribution in [0.4, 0.5) is 0 Å². The topological polar surface area (TPSA) is 27.7 Å². The van der Waals surface area contributed by atoms with Crippen LogP contribution in [0.15, 0.2) is 97.6 Å². The normalized spacial score (nSPS) is 12.8. The molecule has 0 aromatic heterocycles. The maximum Gasteiger partial charge on any atom is 0.261 e. The summed E-state index contributed by atoms with van der Waals surface area (Å²) in [5.41, 5.74) is 1.11. The van der Waals surface area contributed by atoms with Gasteiger partial charge in [0.05, 0.1) is 26.4 Å². The molecular formula is C29H36O3Si. The molecule has 0 unspecified atom stereocenters. The molecule has 1 atom stereocenters. The first-order chi connectivity index (χ1) is 15.9. The number of hydrogen-bond donors (Lipinski definition) is 0. The molecule has 0 radical (unpaired) electrons. The molecule has 33 heavy (non-hydrogen) atoms. The van der Waals surface area contributed by atoms with Crippen LogP contribution in [-0.4, -0.2) is 28.1 Å². The summed E-state index contributed by atoms with van der Waals surface area (Å²) in [5, 5.41) is 2.48. The average molecular weight is 461 g/mol. The minimum absolute atomic E-state index is 0.0651. The first-order valence-electron chi connectivity index (χ1n) is 11.5. The van der Waals surface area contributed by atoms with Gasteiger partial charge < -0.3 is 13.9 Å². The van der Waals surface area contributed by atoms with E-state index in [1.165, 1.54) is 10.4 Å². The Kier molecular flexibility index (Phi) is 8.67. The summed E-state index contributed by atoms with van der Waals surface area (Å²) in [4.78, 5) is 0. The highest BCUT2D eigenvalue weighted by molar-refractivity contribution is 6.99. The van der Waals surface area contributed by atoms with Crippen molar-refractivity contribution in [1.29, 1.82) is 0 Å². The van der Waals surface area contributed by atoms with Gasteiger partial charge in [0.2, 0.25) is 0 Å². The third kappa shape index (κ3) is 6.02. The fourth-order valence-corrected chi connectivity index (χ4v) is 8.88. The highest BCUT2D eigenvalue weighted by Gasteiger charge is 2.50. The molecule has 0 spiro atoms. The summed E-state index contributed by atoms with van der Waals surface area (Å²) in [6, 6.07) is 29.4. The molecule has 174 valence electrons. The predicted octanol–water partition coefficient (Wildman–Crippen LogP) is 5.73. The van der Waals surface area contributed by atoms with E-state index in [4.69, 9.17) is 13.9 Å². The van der Waals surface area contributed by atoms with Crippen molar-refractivity contribution in [1.82, 2.24) is 0 Å². The van der Waals surface area contributed by atoms with Crippen molar-refractivity contribution < 1.29 is 13.9 Å². The number of ether oxygens (including phenoxy) is 2. The zero-order valence-corrected chi connectivity index (χ0v) is 21.3. The number of benzene rings is 3. The van der Waals surface area contributed by atoms with E-state index in [0.29, 0.717) is 13.2 Å². The molecule has 0 aliphatic rings. The number of methoxy groups -OCH3 is 1. The van der Waals surface area contributed by atoms with Gasteiger partial charge in [-0.05, 0) is 39.5 Å². The van der Waals surface area contributed by atoms with Crippen LogP contribution >= 0.6 is 0 Å². The molecule has 3 aromatic rings. The zero-order valence-electron chi connectivity index (χ0n) is 20.3. The summed E-state index contributed by atoms with van der Waals surface area (Å²) in [7, 11) is -0.918. The van der Waals surface area contributed by atoms with Crippen LogP contribution < -0.4 is 15.1 Å². The third-order valence-corrected chi connectivity index (χ3v) is 11.0. The third-order valence-electron chi connectivity index (χ3n) is 5.98. The maximum absolute atomic E-state index is 7.05. The van der Waals surface area contributed by atoms with E-state index in [-0.39, 0.29) is 11.1 Å². The largest absolute Gasteiger partial charge is 0.497 e. The molecule has 0 aliphatic heterocycles. The second kappa shape index (κ2) is 11.5. The molecule has 4 heteroatoms. The van der Waals surface area contributed by atoms with E-state index < -0.39 is 8.32 Å². The molecule has 3 nitrogen and oxygen atoms in total. The van der Waals surface area contributed by atoms with Crippen LogP contribution in [0.25, 0.3) is 0 Å². The van der Waals surface area contributed by atoms with Gasteiger partial charge in [-0.15, -0.1) is 6.58 Å². The SMILES string of the molecule is C=CC[C@H](CO[Si](c1ccccc1)(c1ccccc1)C(C)(C)C)OCc1ccc(OC)cc1. The van der Waals surface area contributed by atoms with Crippen LogP contribution in [0.1, 0.15) is 32.8 Å². The Bertz CT molecular complexity index is 939. The van der Waals surface area contributed by atoms with Crippen LogP contribution in [0.3, 0.4) is 0 Å². The minimum atomic E-state index is -2.59. The minimum Gasteiger partial charge on any atom is -0.497 e. The van der Waals surface area contributed by atoms with Crippen molar-refractivity contribution in [3.8, 4) is 5.75 Å². The summed E-state index contributed by atoms with van der Waals surface area (Å²) < 4.78 is 18.6. The van der Waals surface area contributed by atoms with Gasteiger partial charge in [0, 0.05) is 0 Å². The predicted molar refractivity (Wildman–Crippen MR) is 140 cm³/mol. The Morgan fingerprint density at radius 1 is 0.848 bits per heavy atom. The monoisotopic (exact) mass is 460 g/mol. The molecule has 0 fully saturated rings. The smallest absolute Gasteiger partial charge is 0.261 e. The Morgan fingerprint density at radius 2 is 1.39 bits per heavy atom. The first kappa shape index (κ1) is 25.0. The van der Waals surface area contributed by atoms with Crippen LogP contribution in [0.2, 0.25) is 5.04 Å². The lowest BCUT2D eigenvalue weighted by molar-refractivity contribution is 0.00912. The summed E-state index contributed by atoms with van der Waals surface area (Å²) in [6.45, 7) is 11.9. The van der Waals surface area contributed by atoms with E-state index in [9.17, 15) is 0 Å². The van der Waals surface area contributed by atoms with Crippen molar-refractivity contribution in [2.45, 2.75) is 44.9 Å². The lowest BCUT2D eigenvalue weighted by atomic mass is 10.2. The molecule has 3 rings (SSSR count). The zero-order chi connectivity index (χ0) is 23.7. The summed E-state index contributed by atoms with van der Waals surface area (Å²) in [6.07, 6.45) is 2.56. The van der Waals surface area contributed by atoms with Gasteiger partial charge in [0.15, 0.2) is 0 Å². The molecule has 0 saturated carbocycles. The van der Waals surface area contributed by atoms with Crippen molar-refractivity contribution in [3.05, 3.63) is 103 Å². The molecule has 0 heterocycles. The molecular weight excluding hydrogens is 424 g/mol. The van der Waals surface area contributed by atoms with E-state index >= 15 is 0 Å². The highest BCUT2D eigenvalue weighted by Crippen LogP contribution is 2.37. The Balaban J connectivity index is 1.86. The van der Waals surface area contributed by atoms with E-state index in [1.54, 1.807) is 7.11 Å². The lowest BCUT2D eigenvalue weighted by Crippen LogP contribution is -2.67. The van der Waals surface area contributed by atoms with Gasteiger partial charge in [0.25, 0.3) is 8.32 Å². The maximum atomic E-state index is 7.05. The summed E-state index contributed by atoms with van der Waals surface area (Å²) >= 11 is 0. The van der Waals surface area contributed by atoms with E-state index in [1.807, 2.05) is 30.3 Å². The van der Waals surface area contributed by atoms with Gasteiger partial charge in [-0.25, -0.2) is 0 Å². The van der Waals surface area contributed by atoms with Crippen molar-refractivity contribution >= 4 is 18.7 Å². The first-order valence-corrected chi connectivity index (χ1v) is 13.4. The summed E-state index contributed by atoms with van der Waals surface area (Å²) in [5.74, 6) is 0.844. The molecule has 0 aliphatic carbocycles. The van der Waals surface area contributed by atoms with Gasteiger partial charge in [0.1, 0.15) is 5.75 Å². The fraction of sp³-hybridized carbons (Fsp3) is 0.310. The highest BCUT2D eigenvalue weighted by atomic mass is 28.4. The Hall–Kier alpha value is -2.66. The molecule has 3 aromatic carbocycles. The second-order valence-corrected chi connectivity index (χ2v) is 13.6. The van der Waals surface area contributed by atoms with E-state index in [2.05, 4.69) is 88.0 Å². The Labute approximate surface area is 200 Å². The number of rotatable bonds is 11. The molecule has 0 N–H and O–H groups in total. The van der Waals surface area contributed by atoms with Crippen molar-refractivity contribution in [2.24, 2.45) is 0 Å². The van der Waals surface area contributed by atoms with Gasteiger partial charge in [-0.1, -0.05) is 99.6 Å². The second-order valence-electron chi connectivity index (χ2n) is 9.28. The Morgan fingerprint density at radius 3 is 1.85 bits per heavy atom. The van der Waals surface area contributed by atoms with E-state index in [0.717, 1.165) is 17.7 Å². The van der Waals surface area contributed by atoms with Crippen molar-refractivity contribution in [2.75, 3.05) is 13.7 Å². The van der Waals surface area contributed by atoms with Gasteiger partial charge in [-0.3, -0.25) is 0 Å². The quantitative estimate of drug-likeness (QED) is 0.270. The standard InChI is InChI=1S/C29H36O3Si/c1-6-13-26(31-22-24-18-20-25(30-5)21-19-24)23-32-33(29(2,3)4,27-14-9-7-10-15-27)28-16-11-8-12-17-28/h6-12,14-21,26H,1,13,22-23H2,2-5H3/t26-/m1/s1. The molecule has 0 bridgehead atoms. The average Bonchev–Trinajstić information content (AvgIpc) is 2.83. The van der Waals surface area contributed by atoms with Gasteiger partial charge >= 0.3 is 0 Å². The van der Waals surface area contributed by atoms with Crippen molar-refractivity contribution in [3.63, 3.8) is 0 Å². The number of hydrogen-bond acceptors (Lipinski definition) is 3. The van der Waals surface area contributed by atoms with Gasteiger partial charge in [-0.2, -0.15) is 0 Å².